The molecule has 0 aliphatic heterocycles. The number of carbonyl (C=O) groups excluding carboxylic acids is 1. The number of nitrogens with zero attached hydrogens (tertiary/aromatic N) is 3. The van der Waals surface area contributed by atoms with Gasteiger partial charge in [-0.2, -0.15) is 5.26 Å². The fourth-order valence-corrected chi connectivity index (χ4v) is 2.99. The van der Waals surface area contributed by atoms with Gasteiger partial charge in [-0.1, -0.05) is 35.9 Å². The average molecular weight is 383 g/mol. The van der Waals surface area contributed by atoms with Crippen molar-refractivity contribution < 1.29 is 9.18 Å². The van der Waals surface area contributed by atoms with Crippen LogP contribution >= 0.6 is 11.6 Å². The Balaban J connectivity index is 1.88. The Morgan fingerprint density at radius 1 is 1.30 bits per heavy atom. The molecule has 1 heterocycles. The van der Waals surface area contributed by atoms with Gasteiger partial charge < -0.3 is 10.2 Å². The zero-order chi connectivity index (χ0) is 19.6. The number of nitrogens with one attached hydrogen (secondary N) is 1. The first kappa shape index (κ1) is 18.6. The molecule has 1 aromatic heterocycles. The molecule has 2 aromatic carbocycles. The fraction of sp³-hybridized carbons (Fsp3) is 0.150. The van der Waals surface area contributed by atoms with Crippen LogP contribution in [0.15, 0.2) is 48.7 Å². The van der Waals surface area contributed by atoms with Crippen molar-refractivity contribution in [1.82, 2.24) is 9.88 Å². The number of amides is 2. The Bertz CT molecular complexity index is 1060. The van der Waals surface area contributed by atoms with Crippen molar-refractivity contribution in [3.63, 3.8) is 0 Å². The number of nitriles is 1. The smallest absolute Gasteiger partial charge is 0.321 e. The van der Waals surface area contributed by atoms with Crippen molar-refractivity contribution in [2.75, 3.05) is 12.4 Å². The maximum absolute atomic E-state index is 13.3. The van der Waals surface area contributed by atoms with Gasteiger partial charge in [0, 0.05) is 29.9 Å². The zero-order valence-electron chi connectivity index (χ0n) is 14.7. The van der Waals surface area contributed by atoms with Gasteiger partial charge in [0.15, 0.2) is 0 Å². The van der Waals surface area contributed by atoms with E-state index in [9.17, 15) is 14.4 Å². The van der Waals surface area contributed by atoms with Crippen LogP contribution in [-0.4, -0.2) is 23.0 Å². The van der Waals surface area contributed by atoms with E-state index in [1.54, 1.807) is 13.2 Å². The fourth-order valence-electron chi connectivity index (χ4n) is 2.81. The normalized spacial score (nSPS) is 11.7. The number of halogens is 2. The SMILES string of the molecule is C[C@@H](c1cnc(C#N)c2ccccc12)N(C)C(=O)Nc1ccc(F)c(Cl)c1. The Morgan fingerprint density at radius 2 is 2.00 bits per heavy atom. The highest BCUT2D eigenvalue weighted by Gasteiger charge is 2.21. The molecule has 0 bridgehead atoms. The van der Waals surface area contributed by atoms with E-state index in [-0.39, 0.29) is 17.1 Å². The molecule has 0 fully saturated rings. The number of fused-ring (bicyclic) bond motifs is 1. The molecule has 136 valence electrons. The lowest BCUT2D eigenvalue weighted by Crippen LogP contribution is -2.33. The van der Waals surface area contributed by atoms with E-state index < -0.39 is 5.82 Å². The minimum Gasteiger partial charge on any atom is -0.321 e. The third-order valence-electron chi connectivity index (χ3n) is 4.45. The monoisotopic (exact) mass is 382 g/mol. The quantitative estimate of drug-likeness (QED) is 0.683. The molecule has 1 N–H and O–H groups in total. The maximum atomic E-state index is 13.3. The van der Waals surface area contributed by atoms with Crippen LogP contribution in [0.25, 0.3) is 10.8 Å². The molecular formula is C20H16ClFN4O. The summed E-state index contributed by atoms with van der Waals surface area (Å²) in [6.45, 7) is 1.87. The molecule has 2 amide bonds. The van der Waals surface area contributed by atoms with Crippen LogP contribution in [0.5, 0.6) is 0 Å². The number of anilines is 1. The Kier molecular flexibility index (Phi) is 5.24. The van der Waals surface area contributed by atoms with Gasteiger partial charge in [0.2, 0.25) is 0 Å². The molecule has 3 aromatic rings. The minimum atomic E-state index is -0.550. The second-order valence-corrected chi connectivity index (χ2v) is 6.47. The van der Waals surface area contributed by atoms with Crippen LogP contribution < -0.4 is 5.32 Å². The van der Waals surface area contributed by atoms with Crippen LogP contribution in [0.3, 0.4) is 0 Å². The lowest BCUT2D eigenvalue weighted by Gasteiger charge is -2.26. The van der Waals surface area contributed by atoms with Crippen molar-refractivity contribution in [2.45, 2.75) is 13.0 Å². The molecular weight excluding hydrogens is 367 g/mol. The predicted octanol–water partition coefficient (Wildman–Crippen LogP) is 5.12. The van der Waals surface area contributed by atoms with Gasteiger partial charge in [-0.05, 0) is 30.5 Å². The highest BCUT2D eigenvalue weighted by atomic mass is 35.5. The van der Waals surface area contributed by atoms with Crippen molar-refractivity contribution in [3.8, 4) is 6.07 Å². The third-order valence-corrected chi connectivity index (χ3v) is 4.74. The van der Waals surface area contributed by atoms with Gasteiger partial charge in [0.25, 0.3) is 0 Å². The van der Waals surface area contributed by atoms with E-state index in [1.165, 1.54) is 23.1 Å². The summed E-state index contributed by atoms with van der Waals surface area (Å²) in [5, 5.41) is 13.5. The van der Waals surface area contributed by atoms with Crippen molar-refractivity contribution in [2.24, 2.45) is 0 Å². The van der Waals surface area contributed by atoms with Crippen LogP contribution in [0.4, 0.5) is 14.9 Å². The standard InChI is InChI=1S/C20H16ClFN4O/c1-12(16-11-24-19(10-23)15-6-4-3-5-14(15)16)26(2)20(27)25-13-7-8-18(22)17(21)9-13/h3-9,11-12H,1-2H3,(H,25,27)/t12-/m0/s1. The zero-order valence-corrected chi connectivity index (χ0v) is 15.5. The van der Waals surface area contributed by atoms with E-state index in [1.807, 2.05) is 31.2 Å². The van der Waals surface area contributed by atoms with Gasteiger partial charge in [-0.15, -0.1) is 0 Å². The largest absolute Gasteiger partial charge is 0.322 e. The van der Waals surface area contributed by atoms with Gasteiger partial charge >= 0.3 is 6.03 Å². The van der Waals surface area contributed by atoms with Crippen LogP contribution in [-0.2, 0) is 0 Å². The summed E-state index contributed by atoms with van der Waals surface area (Å²) in [5.74, 6) is -0.550. The number of urea groups is 1. The molecule has 0 radical (unpaired) electrons. The van der Waals surface area contributed by atoms with Crippen molar-refractivity contribution in [3.05, 3.63) is 70.8 Å². The molecule has 0 aliphatic carbocycles. The van der Waals surface area contributed by atoms with E-state index in [0.717, 1.165) is 16.3 Å². The van der Waals surface area contributed by atoms with E-state index in [4.69, 9.17) is 11.6 Å². The molecule has 0 aliphatic rings. The first-order valence-electron chi connectivity index (χ1n) is 8.19. The van der Waals surface area contributed by atoms with E-state index in [2.05, 4.69) is 16.4 Å². The second kappa shape index (κ2) is 7.60. The number of carbonyl (C=O) groups is 1. The second-order valence-electron chi connectivity index (χ2n) is 6.07. The van der Waals surface area contributed by atoms with Gasteiger partial charge in [-0.25, -0.2) is 14.2 Å². The summed E-state index contributed by atoms with van der Waals surface area (Å²) in [7, 11) is 1.65. The summed E-state index contributed by atoms with van der Waals surface area (Å²) in [6.07, 6.45) is 1.62. The third kappa shape index (κ3) is 3.69. The van der Waals surface area contributed by atoms with Crippen LogP contribution in [0.2, 0.25) is 5.02 Å². The molecule has 0 saturated heterocycles. The summed E-state index contributed by atoms with van der Waals surface area (Å²) in [4.78, 5) is 18.3. The maximum Gasteiger partial charge on any atom is 0.322 e. The highest BCUT2D eigenvalue weighted by Crippen LogP contribution is 2.29. The number of hydrogen-bond donors (Lipinski definition) is 1. The molecule has 0 saturated carbocycles. The van der Waals surface area contributed by atoms with Gasteiger partial charge in [0.05, 0.1) is 11.1 Å². The number of pyridine rings is 1. The van der Waals surface area contributed by atoms with Crippen molar-refractivity contribution in [1.29, 1.82) is 5.26 Å². The molecule has 7 heteroatoms. The van der Waals surface area contributed by atoms with Crippen molar-refractivity contribution >= 4 is 34.1 Å². The van der Waals surface area contributed by atoms with Gasteiger partial charge in [-0.3, -0.25) is 0 Å². The Morgan fingerprint density at radius 3 is 2.67 bits per heavy atom. The summed E-state index contributed by atoms with van der Waals surface area (Å²) in [6, 6.07) is 12.8. The van der Waals surface area contributed by atoms with Crippen LogP contribution in [0.1, 0.15) is 24.2 Å². The molecule has 27 heavy (non-hydrogen) atoms. The summed E-state index contributed by atoms with van der Waals surface area (Å²) in [5.41, 5.74) is 1.56. The van der Waals surface area contributed by atoms with Gasteiger partial charge in [0.1, 0.15) is 17.6 Å². The summed E-state index contributed by atoms with van der Waals surface area (Å²) >= 11 is 5.75. The number of rotatable bonds is 3. The lowest BCUT2D eigenvalue weighted by atomic mass is 10.00. The highest BCUT2D eigenvalue weighted by molar-refractivity contribution is 6.31. The molecule has 1 atom stereocenters. The summed E-state index contributed by atoms with van der Waals surface area (Å²) < 4.78 is 13.3. The molecule has 0 unspecified atom stereocenters. The first-order chi connectivity index (χ1) is 12.9. The Hall–Kier alpha value is -3.17. The predicted molar refractivity (Wildman–Crippen MR) is 103 cm³/mol. The first-order valence-corrected chi connectivity index (χ1v) is 8.56. The molecule has 3 rings (SSSR count). The lowest BCUT2D eigenvalue weighted by molar-refractivity contribution is 0.208. The molecule has 5 nitrogen and oxygen atoms in total. The number of aromatic nitrogens is 1. The Labute approximate surface area is 161 Å². The van der Waals surface area contributed by atoms with Crippen LogP contribution in [0, 0.1) is 17.1 Å². The number of hydrogen-bond acceptors (Lipinski definition) is 3. The van der Waals surface area contributed by atoms with E-state index >= 15 is 0 Å². The minimum absolute atomic E-state index is 0.0641. The average Bonchev–Trinajstić information content (AvgIpc) is 2.68. The van der Waals surface area contributed by atoms with E-state index in [0.29, 0.717) is 11.4 Å². The number of benzene rings is 2. The molecule has 0 spiro atoms. The topological polar surface area (TPSA) is 69.0 Å².